The van der Waals surface area contributed by atoms with Gasteiger partial charge in [-0.15, -0.1) is 12.4 Å². The fourth-order valence-corrected chi connectivity index (χ4v) is 5.41. The summed E-state index contributed by atoms with van der Waals surface area (Å²) in [5, 5.41) is 0. The van der Waals surface area contributed by atoms with E-state index in [-0.39, 0.29) is 18.6 Å². The summed E-state index contributed by atoms with van der Waals surface area (Å²) in [6.07, 6.45) is 27.1. The van der Waals surface area contributed by atoms with Crippen molar-refractivity contribution < 1.29 is 0 Å². The summed E-state index contributed by atoms with van der Waals surface area (Å²) in [5.41, 5.74) is 8.62. The van der Waals surface area contributed by atoms with Gasteiger partial charge in [-0.05, 0) is 66.5 Å². The molecule has 0 fully saturated rings. The Hall–Kier alpha value is -1.57. The highest BCUT2D eigenvalue weighted by molar-refractivity contribution is 5.85. The minimum Gasteiger partial charge on any atom is -0.344 e. The minimum atomic E-state index is 0. The summed E-state index contributed by atoms with van der Waals surface area (Å²) in [5.74, 6) is 0. The van der Waals surface area contributed by atoms with Crippen LogP contribution in [-0.4, -0.2) is 0 Å². The summed E-state index contributed by atoms with van der Waals surface area (Å²) in [6.45, 7) is 11.0. The molecule has 3 N–H and O–H groups in total. The first-order valence-electron chi connectivity index (χ1n) is 15.0. The smallest absolute Gasteiger partial charge is 0.00171 e. The maximum absolute atomic E-state index is 4.12. The predicted molar refractivity (Wildman–Crippen MR) is 171 cm³/mol. The lowest BCUT2D eigenvalue weighted by Crippen LogP contribution is -2.02. The normalized spacial score (nSPS) is 10.6. The van der Waals surface area contributed by atoms with E-state index in [2.05, 4.69) is 69.8 Å². The maximum atomic E-state index is 4.12. The van der Waals surface area contributed by atoms with Crippen LogP contribution in [0.1, 0.15) is 143 Å². The van der Waals surface area contributed by atoms with Crippen molar-refractivity contribution in [2.45, 2.75) is 136 Å². The third kappa shape index (κ3) is 14.2. The third-order valence-corrected chi connectivity index (χ3v) is 7.92. The zero-order chi connectivity index (χ0) is 25.1. The van der Waals surface area contributed by atoms with Crippen LogP contribution >= 0.6 is 12.4 Å². The first-order valence-corrected chi connectivity index (χ1v) is 15.0. The Morgan fingerprint density at radius 1 is 0.649 bits per heavy atom. The minimum absolute atomic E-state index is 0. The van der Waals surface area contributed by atoms with Crippen molar-refractivity contribution in [2.24, 2.45) is 0 Å². The molecule has 1 nitrogen and oxygen atoms in total. The van der Waals surface area contributed by atoms with Crippen LogP contribution in [0, 0.1) is 13.8 Å². The largest absolute Gasteiger partial charge is 0.344 e. The van der Waals surface area contributed by atoms with Crippen molar-refractivity contribution in [3.05, 3.63) is 76.4 Å². The molecule has 37 heavy (non-hydrogen) atoms. The molecule has 0 aromatic heterocycles. The average Bonchev–Trinajstić information content (AvgIpc) is 2.88. The van der Waals surface area contributed by atoms with Crippen LogP contribution in [0.25, 0.3) is 6.08 Å². The highest BCUT2D eigenvalue weighted by Gasteiger charge is 2.11. The van der Waals surface area contributed by atoms with Gasteiger partial charge in [-0.25, -0.2) is 0 Å². The Labute approximate surface area is 236 Å². The van der Waals surface area contributed by atoms with E-state index in [1.165, 1.54) is 143 Å². The van der Waals surface area contributed by atoms with Crippen molar-refractivity contribution >= 4 is 18.5 Å². The fraction of sp³-hybridized carbons (Fsp3) is 0.600. The lowest BCUT2D eigenvalue weighted by molar-refractivity contribution is 0.529. The van der Waals surface area contributed by atoms with Gasteiger partial charge in [0.15, 0.2) is 0 Å². The van der Waals surface area contributed by atoms with E-state index in [0.717, 1.165) is 6.42 Å². The SMILES string of the molecule is C=Cc1cc(CCCCCCCCCCCCCCCCCC)c(C)c(C)c1Cc1ccccc1.Cl.N. The molecule has 0 radical (unpaired) electrons. The maximum Gasteiger partial charge on any atom is -0.00171 e. The standard InChI is InChI=1S/C35H54.ClH.H3N/c1-5-7-8-9-10-11-12-13-14-15-16-17-18-19-20-24-27-34-29-33(6-2)35(31(4)30(34)3)28-32-25-22-21-23-26-32;;/h6,21-23,25-26,29H,2,5,7-20,24,27-28H2,1,3-4H3;1H;1H3. The van der Waals surface area contributed by atoms with E-state index in [4.69, 9.17) is 0 Å². The molecule has 2 heteroatoms. The van der Waals surface area contributed by atoms with Crippen molar-refractivity contribution in [3.63, 3.8) is 0 Å². The van der Waals surface area contributed by atoms with Gasteiger partial charge in [-0.1, -0.05) is 152 Å². The van der Waals surface area contributed by atoms with Gasteiger partial charge in [0.2, 0.25) is 0 Å². The second-order valence-corrected chi connectivity index (χ2v) is 10.8. The Kier molecular flexibility index (Phi) is 21.5. The second-order valence-electron chi connectivity index (χ2n) is 10.8. The number of hydrogen-bond acceptors (Lipinski definition) is 1. The molecule has 0 atom stereocenters. The summed E-state index contributed by atoms with van der Waals surface area (Å²) >= 11 is 0. The highest BCUT2D eigenvalue weighted by Crippen LogP contribution is 2.27. The quantitative estimate of drug-likeness (QED) is 0.171. The number of halogens is 1. The molecule has 2 aromatic rings. The molecule has 0 bridgehead atoms. The first-order chi connectivity index (χ1) is 17.2. The Morgan fingerprint density at radius 2 is 1.11 bits per heavy atom. The summed E-state index contributed by atoms with van der Waals surface area (Å²) < 4.78 is 0. The molecule has 0 saturated heterocycles. The summed E-state index contributed by atoms with van der Waals surface area (Å²) in [4.78, 5) is 0. The molecule has 0 amide bonds. The van der Waals surface area contributed by atoms with Crippen LogP contribution in [0.4, 0.5) is 0 Å². The van der Waals surface area contributed by atoms with Crippen LogP contribution in [-0.2, 0) is 12.8 Å². The van der Waals surface area contributed by atoms with Crippen LogP contribution in [0.2, 0.25) is 0 Å². The lowest BCUT2D eigenvalue weighted by Gasteiger charge is -2.17. The summed E-state index contributed by atoms with van der Waals surface area (Å²) in [7, 11) is 0. The van der Waals surface area contributed by atoms with E-state index >= 15 is 0 Å². The summed E-state index contributed by atoms with van der Waals surface area (Å²) in [6, 6.07) is 13.2. The molecule has 0 spiro atoms. The molecule has 0 aliphatic heterocycles. The van der Waals surface area contributed by atoms with Gasteiger partial charge in [-0.2, -0.15) is 0 Å². The molecule has 2 aromatic carbocycles. The topological polar surface area (TPSA) is 35.0 Å². The van der Waals surface area contributed by atoms with E-state index in [9.17, 15) is 0 Å². The lowest BCUT2D eigenvalue weighted by atomic mass is 9.88. The van der Waals surface area contributed by atoms with E-state index < -0.39 is 0 Å². The van der Waals surface area contributed by atoms with Gasteiger partial charge in [0.25, 0.3) is 0 Å². The van der Waals surface area contributed by atoms with Crippen molar-refractivity contribution in [1.29, 1.82) is 0 Å². The van der Waals surface area contributed by atoms with Crippen molar-refractivity contribution in [2.75, 3.05) is 0 Å². The van der Waals surface area contributed by atoms with Crippen LogP contribution in [0.5, 0.6) is 0 Å². The number of hydrogen-bond donors (Lipinski definition) is 1. The first kappa shape index (κ1) is 35.4. The number of aryl methyl sites for hydroxylation is 1. The van der Waals surface area contributed by atoms with Crippen LogP contribution < -0.4 is 6.15 Å². The molecule has 210 valence electrons. The van der Waals surface area contributed by atoms with Gasteiger partial charge in [0.1, 0.15) is 0 Å². The van der Waals surface area contributed by atoms with Gasteiger partial charge in [-0.3, -0.25) is 0 Å². The average molecular weight is 528 g/mol. The zero-order valence-corrected chi connectivity index (χ0v) is 25.4. The zero-order valence-electron chi connectivity index (χ0n) is 24.6. The van der Waals surface area contributed by atoms with E-state index in [1.54, 1.807) is 0 Å². The second kappa shape index (κ2) is 22.4. The number of unbranched alkanes of at least 4 members (excludes halogenated alkanes) is 15. The molecule has 0 heterocycles. The molecule has 2 rings (SSSR count). The Bertz CT molecular complexity index is 827. The third-order valence-electron chi connectivity index (χ3n) is 7.92. The Morgan fingerprint density at radius 3 is 1.57 bits per heavy atom. The van der Waals surface area contributed by atoms with E-state index in [0.29, 0.717) is 0 Å². The van der Waals surface area contributed by atoms with Gasteiger partial charge in [0, 0.05) is 0 Å². The van der Waals surface area contributed by atoms with Gasteiger partial charge < -0.3 is 6.15 Å². The van der Waals surface area contributed by atoms with Crippen molar-refractivity contribution in [3.8, 4) is 0 Å². The molecular formula is C35H58ClN. The highest BCUT2D eigenvalue weighted by atomic mass is 35.5. The molecule has 0 saturated carbocycles. The molecule has 0 unspecified atom stereocenters. The van der Waals surface area contributed by atoms with Crippen molar-refractivity contribution in [1.82, 2.24) is 6.15 Å². The van der Waals surface area contributed by atoms with Gasteiger partial charge in [0.05, 0.1) is 0 Å². The molecule has 0 aliphatic rings. The van der Waals surface area contributed by atoms with Crippen LogP contribution in [0.3, 0.4) is 0 Å². The molecular weight excluding hydrogens is 470 g/mol. The monoisotopic (exact) mass is 527 g/mol. The predicted octanol–water partition coefficient (Wildman–Crippen LogP) is 11.9. The van der Waals surface area contributed by atoms with Crippen LogP contribution in [0.15, 0.2) is 43.0 Å². The van der Waals surface area contributed by atoms with Gasteiger partial charge >= 0.3 is 0 Å². The fourth-order valence-electron chi connectivity index (χ4n) is 5.41. The molecule has 0 aliphatic carbocycles. The number of rotatable bonds is 20. The van der Waals surface area contributed by atoms with E-state index in [1.807, 2.05) is 0 Å². The Balaban J connectivity index is 0.00000648. The number of benzene rings is 2.